The van der Waals surface area contributed by atoms with Crippen molar-refractivity contribution in [2.75, 3.05) is 51.3 Å². The maximum Gasteiger partial charge on any atom is 0.335 e. The van der Waals surface area contributed by atoms with Crippen LogP contribution in [0.2, 0.25) is 0 Å². The van der Waals surface area contributed by atoms with Gasteiger partial charge in [0.2, 0.25) is 0 Å². The second-order valence-corrected chi connectivity index (χ2v) is 13.0. The molecule has 6 heteroatoms. The quantitative estimate of drug-likeness (QED) is 0.314. The Balaban J connectivity index is 1.43. The van der Waals surface area contributed by atoms with Crippen molar-refractivity contribution in [1.29, 1.82) is 0 Å². The standard InChI is InChI=1S/C35H47N3O3/c1-24(2)27-11-14-30-31(20-27)37(17-16-36-15-7-8-25(22-36)23-41-3)18-19-38-32-21-28(35(39)40)12-13-29(32)33(34(30)38)26-9-5-4-6-10-26/h11-14,20-21,24-26H,4-10,15-19,22-23H2,1-3H3,(H,39,40). The Kier molecular flexibility index (Phi) is 8.41. The van der Waals surface area contributed by atoms with Crippen LogP contribution in [0.3, 0.4) is 0 Å². The summed E-state index contributed by atoms with van der Waals surface area (Å²) in [5.74, 6) is 0.760. The zero-order chi connectivity index (χ0) is 28.5. The zero-order valence-corrected chi connectivity index (χ0v) is 25.2. The first kappa shape index (κ1) is 28.3. The summed E-state index contributed by atoms with van der Waals surface area (Å²) in [4.78, 5) is 17.3. The smallest absolute Gasteiger partial charge is 0.335 e. The van der Waals surface area contributed by atoms with E-state index in [0.717, 1.165) is 44.8 Å². The fraction of sp³-hybridized carbons (Fsp3) is 0.571. The summed E-state index contributed by atoms with van der Waals surface area (Å²) in [5.41, 5.74) is 8.29. The van der Waals surface area contributed by atoms with Crippen molar-refractivity contribution in [3.8, 4) is 11.3 Å². The number of carbonyl (C=O) groups is 1. The first-order chi connectivity index (χ1) is 19.9. The maximum atomic E-state index is 12.0. The molecule has 1 saturated carbocycles. The fourth-order valence-electron chi connectivity index (χ4n) is 7.77. The SMILES string of the molecule is COCC1CCCN(CCN2CCn3c(c(C4CCCCC4)c4ccc(C(=O)O)cc43)-c3ccc(C(C)C)cc32)C1. The molecular weight excluding hydrogens is 510 g/mol. The highest BCUT2D eigenvalue weighted by molar-refractivity contribution is 5.99. The van der Waals surface area contributed by atoms with Gasteiger partial charge in [0.05, 0.1) is 17.9 Å². The molecule has 0 radical (unpaired) electrons. The van der Waals surface area contributed by atoms with Crippen LogP contribution >= 0.6 is 0 Å². The highest BCUT2D eigenvalue weighted by Gasteiger charge is 2.31. The molecule has 3 heterocycles. The van der Waals surface area contributed by atoms with E-state index in [4.69, 9.17) is 4.74 Å². The van der Waals surface area contributed by atoms with Crippen molar-refractivity contribution in [3.63, 3.8) is 0 Å². The van der Waals surface area contributed by atoms with Crippen LogP contribution in [-0.4, -0.2) is 67.0 Å². The molecule has 0 bridgehead atoms. The molecule has 1 aliphatic carbocycles. The van der Waals surface area contributed by atoms with Gasteiger partial charge in [-0.05, 0) is 79.3 Å². The van der Waals surface area contributed by atoms with Crippen LogP contribution in [0.1, 0.15) is 92.1 Å². The van der Waals surface area contributed by atoms with Crippen LogP contribution in [0.25, 0.3) is 22.2 Å². The predicted molar refractivity (Wildman–Crippen MR) is 168 cm³/mol. The molecule has 3 aliphatic rings. The summed E-state index contributed by atoms with van der Waals surface area (Å²) in [6, 6.07) is 13.0. The number of benzene rings is 2. The number of fused-ring (bicyclic) bond motifs is 5. The number of hydrogen-bond donors (Lipinski definition) is 1. The van der Waals surface area contributed by atoms with Gasteiger partial charge in [0.25, 0.3) is 0 Å². The molecular formula is C35H47N3O3. The van der Waals surface area contributed by atoms with Gasteiger partial charge in [-0.3, -0.25) is 0 Å². The summed E-state index contributed by atoms with van der Waals surface area (Å²) in [7, 11) is 1.82. The van der Waals surface area contributed by atoms with E-state index in [2.05, 4.69) is 52.5 Å². The molecule has 0 spiro atoms. The van der Waals surface area contributed by atoms with Crippen LogP contribution in [-0.2, 0) is 11.3 Å². The third-order valence-corrected chi connectivity index (χ3v) is 9.93. The lowest BCUT2D eigenvalue weighted by Crippen LogP contribution is -2.42. The Hall–Kier alpha value is -2.83. The molecule has 220 valence electrons. The van der Waals surface area contributed by atoms with E-state index in [1.165, 1.54) is 84.9 Å². The van der Waals surface area contributed by atoms with E-state index in [1.807, 2.05) is 13.2 Å². The summed E-state index contributed by atoms with van der Waals surface area (Å²) in [6.45, 7) is 11.5. The van der Waals surface area contributed by atoms with E-state index in [-0.39, 0.29) is 0 Å². The minimum atomic E-state index is -0.854. The van der Waals surface area contributed by atoms with Crippen molar-refractivity contribution in [1.82, 2.24) is 9.47 Å². The van der Waals surface area contributed by atoms with Gasteiger partial charge in [-0.2, -0.15) is 0 Å². The number of hydrogen-bond acceptors (Lipinski definition) is 4. The van der Waals surface area contributed by atoms with Gasteiger partial charge < -0.3 is 24.2 Å². The average molecular weight is 558 g/mol. The average Bonchev–Trinajstić information content (AvgIpc) is 3.21. The third-order valence-electron chi connectivity index (χ3n) is 9.93. The summed E-state index contributed by atoms with van der Waals surface area (Å²) < 4.78 is 7.96. The molecule has 41 heavy (non-hydrogen) atoms. The number of carboxylic acids is 1. The molecule has 6 nitrogen and oxygen atoms in total. The number of aromatic nitrogens is 1. The molecule has 2 fully saturated rings. The van der Waals surface area contributed by atoms with Gasteiger partial charge in [0, 0.05) is 62.0 Å². The molecule has 1 unspecified atom stereocenters. The monoisotopic (exact) mass is 557 g/mol. The number of anilines is 1. The number of carboxylic acid groups (broad SMARTS) is 1. The number of likely N-dealkylation sites (tertiary alicyclic amines) is 1. The van der Waals surface area contributed by atoms with E-state index < -0.39 is 5.97 Å². The minimum Gasteiger partial charge on any atom is -0.478 e. The Labute approximate surface area is 245 Å². The van der Waals surface area contributed by atoms with Crippen LogP contribution in [0.5, 0.6) is 0 Å². The Bertz CT molecular complexity index is 1390. The molecule has 0 amide bonds. The number of nitrogens with zero attached hydrogens (tertiary/aromatic N) is 3. The molecule has 1 N–H and O–H groups in total. The third kappa shape index (κ3) is 5.65. The predicted octanol–water partition coefficient (Wildman–Crippen LogP) is 7.36. The van der Waals surface area contributed by atoms with Crippen LogP contribution in [0, 0.1) is 5.92 Å². The Morgan fingerprint density at radius 3 is 2.56 bits per heavy atom. The summed E-state index contributed by atoms with van der Waals surface area (Å²) in [5, 5.41) is 11.1. The van der Waals surface area contributed by atoms with E-state index >= 15 is 0 Å². The molecule has 1 saturated heterocycles. The van der Waals surface area contributed by atoms with Gasteiger partial charge in [-0.15, -0.1) is 0 Å². The van der Waals surface area contributed by atoms with Crippen molar-refractivity contribution in [3.05, 3.63) is 53.1 Å². The lowest BCUT2D eigenvalue weighted by atomic mass is 9.81. The van der Waals surface area contributed by atoms with Crippen LogP contribution < -0.4 is 4.90 Å². The number of methoxy groups -OCH3 is 1. The van der Waals surface area contributed by atoms with Crippen LogP contribution in [0.15, 0.2) is 36.4 Å². The number of piperidine rings is 1. The van der Waals surface area contributed by atoms with Gasteiger partial charge in [0.1, 0.15) is 0 Å². The molecule has 3 aromatic rings. The van der Waals surface area contributed by atoms with Crippen molar-refractivity contribution < 1.29 is 14.6 Å². The van der Waals surface area contributed by atoms with Gasteiger partial charge in [0.15, 0.2) is 0 Å². The fourth-order valence-corrected chi connectivity index (χ4v) is 7.77. The molecule has 1 aromatic heterocycles. The summed E-state index contributed by atoms with van der Waals surface area (Å²) in [6.07, 6.45) is 8.80. The Morgan fingerprint density at radius 1 is 0.976 bits per heavy atom. The van der Waals surface area contributed by atoms with Crippen molar-refractivity contribution in [2.45, 2.75) is 77.2 Å². The maximum absolute atomic E-state index is 12.0. The lowest BCUT2D eigenvalue weighted by Gasteiger charge is -2.35. The van der Waals surface area contributed by atoms with E-state index in [9.17, 15) is 9.90 Å². The van der Waals surface area contributed by atoms with Gasteiger partial charge in [-0.1, -0.05) is 51.3 Å². The second kappa shape index (κ2) is 12.2. The van der Waals surface area contributed by atoms with Crippen molar-refractivity contribution >= 4 is 22.6 Å². The first-order valence-electron chi connectivity index (χ1n) is 15.9. The van der Waals surface area contributed by atoms with E-state index in [0.29, 0.717) is 23.3 Å². The molecule has 2 aliphatic heterocycles. The second-order valence-electron chi connectivity index (χ2n) is 13.0. The highest BCUT2D eigenvalue weighted by atomic mass is 16.5. The normalized spacial score (nSPS) is 20.3. The van der Waals surface area contributed by atoms with Crippen molar-refractivity contribution in [2.24, 2.45) is 5.92 Å². The largest absolute Gasteiger partial charge is 0.478 e. The van der Waals surface area contributed by atoms with Gasteiger partial charge >= 0.3 is 5.97 Å². The zero-order valence-electron chi connectivity index (χ0n) is 25.2. The number of aromatic carboxylic acids is 1. The first-order valence-corrected chi connectivity index (χ1v) is 15.9. The molecule has 2 aromatic carbocycles. The van der Waals surface area contributed by atoms with Gasteiger partial charge in [-0.25, -0.2) is 4.79 Å². The number of ether oxygens (including phenoxy) is 1. The Morgan fingerprint density at radius 2 is 1.80 bits per heavy atom. The molecule has 1 atom stereocenters. The summed E-state index contributed by atoms with van der Waals surface area (Å²) >= 11 is 0. The topological polar surface area (TPSA) is 57.9 Å². The highest BCUT2D eigenvalue weighted by Crippen LogP contribution is 2.48. The minimum absolute atomic E-state index is 0.375. The van der Waals surface area contributed by atoms with E-state index in [1.54, 1.807) is 6.07 Å². The number of rotatable bonds is 8. The lowest BCUT2D eigenvalue weighted by molar-refractivity contribution is 0.0697. The van der Waals surface area contributed by atoms with Crippen LogP contribution in [0.4, 0.5) is 5.69 Å². The molecule has 6 rings (SSSR count).